The third kappa shape index (κ3) is 3.60. The van der Waals surface area contributed by atoms with E-state index in [0.717, 1.165) is 5.69 Å². The number of nitrogens with one attached hydrogen (secondary N) is 2. The second kappa shape index (κ2) is 7.09. The fraction of sp³-hybridized carbons (Fsp3) is 0.125. The van der Waals surface area contributed by atoms with Gasteiger partial charge >= 0.3 is 0 Å². The number of para-hydroxylation sites is 2. The summed E-state index contributed by atoms with van der Waals surface area (Å²) in [6, 6.07) is 10.9. The van der Waals surface area contributed by atoms with E-state index in [1.54, 1.807) is 31.5 Å². The number of rotatable bonds is 6. The highest BCUT2D eigenvalue weighted by molar-refractivity contribution is 5.99. The molecular formula is C16H17N3O2. The molecule has 0 spiro atoms. The number of benzene rings is 1. The molecule has 0 radical (unpaired) electrons. The van der Waals surface area contributed by atoms with E-state index in [-0.39, 0.29) is 5.91 Å². The summed E-state index contributed by atoms with van der Waals surface area (Å²) in [7, 11) is 1.59. The second-order valence-corrected chi connectivity index (χ2v) is 4.22. The molecule has 0 bridgehead atoms. The number of nitrogens with zero attached hydrogens (tertiary/aromatic N) is 1. The van der Waals surface area contributed by atoms with E-state index in [2.05, 4.69) is 22.2 Å². The fourth-order valence-corrected chi connectivity index (χ4v) is 1.82. The van der Waals surface area contributed by atoms with Gasteiger partial charge in [0.2, 0.25) is 0 Å². The van der Waals surface area contributed by atoms with Crippen LogP contribution < -0.4 is 15.4 Å². The van der Waals surface area contributed by atoms with E-state index in [9.17, 15) is 4.79 Å². The smallest absolute Gasteiger partial charge is 0.255 e. The number of aromatic nitrogens is 1. The molecule has 5 heteroatoms. The molecule has 2 N–H and O–H groups in total. The summed E-state index contributed by atoms with van der Waals surface area (Å²) in [5.74, 6) is 0.949. The molecule has 0 saturated heterocycles. The molecule has 0 atom stereocenters. The minimum absolute atomic E-state index is 0.208. The molecule has 108 valence electrons. The number of ether oxygens (including phenoxy) is 1. The molecule has 0 fully saturated rings. The maximum Gasteiger partial charge on any atom is 0.255 e. The quantitative estimate of drug-likeness (QED) is 0.800. The molecule has 2 aromatic rings. The predicted octanol–water partition coefficient (Wildman–Crippen LogP) is 2.75. The van der Waals surface area contributed by atoms with Gasteiger partial charge in [-0.25, -0.2) is 4.98 Å². The summed E-state index contributed by atoms with van der Waals surface area (Å²) in [5.41, 5.74) is 1.21. The Balaban J connectivity index is 2.28. The lowest BCUT2D eigenvalue weighted by atomic mass is 10.2. The molecule has 1 aromatic carbocycles. The standard InChI is InChI=1S/C16H17N3O2/c1-3-10-18-16(20)12-7-6-11-17-15(12)19-13-8-4-5-9-14(13)21-2/h3-9,11H,1,10H2,2H3,(H,17,19)(H,18,20). The fourth-order valence-electron chi connectivity index (χ4n) is 1.82. The van der Waals surface area contributed by atoms with Gasteiger partial charge in [-0.15, -0.1) is 6.58 Å². The molecule has 0 unspecified atom stereocenters. The van der Waals surface area contributed by atoms with Gasteiger partial charge in [0.05, 0.1) is 18.4 Å². The van der Waals surface area contributed by atoms with Crippen LogP contribution >= 0.6 is 0 Å². The van der Waals surface area contributed by atoms with Gasteiger partial charge in [0, 0.05) is 12.7 Å². The highest BCUT2D eigenvalue weighted by atomic mass is 16.5. The summed E-state index contributed by atoms with van der Waals surface area (Å²) >= 11 is 0. The van der Waals surface area contributed by atoms with Gasteiger partial charge in [-0.2, -0.15) is 0 Å². The van der Waals surface area contributed by atoms with Crippen LogP contribution in [0.25, 0.3) is 0 Å². The first-order valence-electron chi connectivity index (χ1n) is 6.50. The Morgan fingerprint density at radius 1 is 1.33 bits per heavy atom. The molecule has 2 rings (SSSR count). The first-order chi connectivity index (χ1) is 10.3. The summed E-state index contributed by atoms with van der Waals surface area (Å²) in [6.45, 7) is 3.98. The molecule has 1 amide bonds. The van der Waals surface area contributed by atoms with Gasteiger partial charge in [-0.3, -0.25) is 4.79 Å². The first kappa shape index (κ1) is 14.6. The van der Waals surface area contributed by atoms with Crippen molar-refractivity contribution in [3.05, 3.63) is 60.8 Å². The molecule has 0 aliphatic carbocycles. The van der Waals surface area contributed by atoms with Crippen LogP contribution in [0.1, 0.15) is 10.4 Å². The minimum atomic E-state index is -0.208. The Kier molecular flexibility index (Phi) is 4.93. The van der Waals surface area contributed by atoms with Crippen LogP contribution in [0.2, 0.25) is 0 Å². The molecule has 0 saturated carbocycles. The van der Waals surface area contributed by atoms with Crippen LogP contribution in [-0.2, 0) is 0 Å². The average Bonchev–Trinajstić information content (AvgIpc) is 2.53. The van der Waals surface area contributed by atoms with Crippen molar-refractivity contribution >= 4 is 17.4 Å². The SMILES string of the molecule is C=CCNC(=O)c1cccnc1Nc1ccccc1OC. The van der Waals surface area contributed by atoms with Crippen molar-refractivity contribution in [2.45, 2.75) is 0 Å². The van der Waals surface area contributed by atoms with Crippen LogP contribution in [0, 0.1) is 0 Å². The van der Waals surface area contributed by atoms with E-state index >= 15 is 0 Å². The van der Waals surface area contributed by atoms with Crippen LogP contribution in [0.4, 0.5) is 11.5 Å². The second-order valence-electron chi connectivity index (χ2n) is 4.22. The zero-order valence-corrected chi connectivity index (χ0v) is 11.8. The highest BCUT2D eigenvalue weighted by Gasteiger charge is 2.12. The number of pyridine rings is 1. The maximum absolute atomic E-state index is 12.1. The van der Waals surface area contributed by atoms with E-state index < -0.39 is 0 Å². The van der Waals surface area contributed by atoms with E-state index in [1.807, 2.05) is 24.3 Å². The van der Waals surface area contributed by atoms with Crippen molar-refractivity contribution in [3.63, 3.8) is 0 Å². The summed E-state index contributed by atoms with van der Waals surface area (Å²) in [4.78, 5) is 16.3. The number of carbonyl (C=O) groups excluding carboxylic acids is 1. The van der Waals surface area contributed by atoms with Gasteiger partial charge in [0.15, 0.2) is 0 Å². The van der Waals surface area contributed by atoms with Crippen molar-refractivity contribution in [1.82, 2.24) is 10.3 Å². The number of amides is 1. The zero-order chi connectivity index (χ0) is 15.1. The van der Waals surface area contributed by atoms with Gasteiger partial charge in [0.25, 0.3) is 5.91 Å². The zero-order valence-electron chi connectivity index (χ0n) is 11.8. The van der Waals surface area contributed by atoms with Crippen LogP contribution in [0.5, 0.6) is 5.75 Å². The minimum Gasteiger partial charge on any atom is -0.495 e. The topological polar surface area (TPSA) is 63.2 Å². The third-order valence-electron chi connectivity index (χ3n) is 2.82. The van der Waals surface area contributed by atoms with Gasteiger partial charge in [-0.1, -0.05) is 18.2 Å². The van der Waals surface area contributed by atoms with Gasteiger partial charge in [0.1, 0.15) is 11.6 Å². The Labute approximate surface area is 123 Å². The number of hydrogen-bond acceptors (Lipinski definition) is 4. The molecule has 21 heavy (non-hydrogen) atoms. The van der Waals surface area contributed by atoms with Gasteiger partial charge < -0.3 is 15.4 Å². The van der Waals surface area contributed by atoms with E-state index in [1.165, 1.54) is 0 Å². The largest absolute Gasteiger partial charge is 0.495 e. The summed E-state index contributed by atoms with van der Waals surface area (Å²) in [6.07, 6.45) is 3.25. The van der Waals surface area contributed by atoms with Crippen molar-refractivity contribution < 1.29 is 9.53 Å². The number of carbonyl (C=O) groups is 1. The number of methoxy groups -OCH3 is 1. The third-order valence-corrected chi connectivity index (χ3v) is 2.82. The highest BCUT2D eigenvalue weighted by Crippen LogP contribution is 2.27. The molecule has 5 nitrogen and oxygen atoms in total. The predicted molar refractivity (Wildman–Crippen MR) is 83.0 cm³/mol. The van der Waals surface area contributed by atoms with Crippen molar-refractivity contribution in [2.24, 2.45) is 0 Å². The lowest BCUT2D eigenvalue weighted by Crippen LogP contribution is -2.24. The molecular weight excluding hydrogens is 266 g/mol. The Morgan fingerprint density at radius 3 is 2.90 bits per heavy atom. The molecule has 1 heterocycles. The van der Waals surface area contributed by atoms with E-state index in [4.69, 9.17) is 4.74 Å². The Morgan fingerprint density at radius 2 is 2.14 bits per heavy atom. The number of hydrogen-bond donors (Lipinski definition) is 2. The van der Waals surface area contributed by atoms with Crippen LogP contribution in [0.15, 0.2) is 55.3 Å². The summed E-state index contributed by atoms with van der Waals surface area (Å²) in [5, 5.41) is 5.86. The van der Waals surface area contributed by atoms with Gasteiger partial charge in [-0.05, 0) is 24.3 Å². The number of anilines is 2. The first-order valence-corrected chi connectivity index (χ1v) is 6.50. The van der Waals surface area contributed by atoms with Crippen LogP contribution in [0.3, 0.4) is 0 Å². The van der Waals surface area contributed by atoms with Crippen LogP contribution in [-0.4, -0.2) is 24.5 Å². The molecule has 1 aromatic heterocycles. The van der Waals surface area contributed by atoms with E-state index in [0.29, 0.717) is 23.7 Å². The monoisotopic (exact) mass is 283 g/mol. The summed E-state index contributed by atoms with van der Waals surface area (Å²) < 4.78 is 5.28. The normalized spacial score (nSPS) is 9.76. The van der Waals surface area contributed by atoms with Crippen molar-refractivity contribution in [1.29, 1.82) is 0 Å². The Bertz CT molecular complexity index is 641. The lowest BCUT2D eigenvalue weighted by Gasteiger charge is -2.13. The average molecular weight is 283 g/mol. The van der Waals surface area contributed by atoms with Crippen molar-refractivity contribution in [2.75, 3.05) is 19.0 Å². The van der Waals surface area contributed by atoms with Crippen molar-refractivity contribution in [3.8, 4) is 5.75 Å². The maximum atomic E-state index is 12.1. The molecule has 0 aliphatic heterocycles. The Hall–Kier alpha value is -2.82. The lowest BCUT2D eigenvalue weighted by molar-refractivity contribution is 0.0958. The molecule has 0 aliphatic rings.